The lowest BCUT2D eigenvalue weighted by atomic mass is 9.50. The van der Waals surface area contributed by atoms with E-state index in [-0.39, 0.29) is 30.0 Å². The molecule has 6 atom stereocenters. The third-order valence-electron chi connectivity index (χ3n) is 9.81. The maximum absolute atomic E-state index is 13.1. The molecule has 2 fully saturated rings. The van der Waals surface area contributed by atoms with Crippen molar-refractivity contribution in [2.45, 2.75) is 94.1 Å². The van der Waals surface area contributed by atoms with Gasteiger partial charge in [-0.25, -0.2) is 9.59 Å². The van der Waals surface area contributed by atoms with E-state index in [1.807, 2.05) is 13.1 Å². The Labute approximate surface area is 233 Å². The number of hydrogen-bond acceptors (Lipinski definition) is 9. The second-order valence-corrected chi connectivity index (χ2v) is 12.0. The number of carbonyl (C=O) groups is 4. The van der Waals surface area contributed by atoms with Crippen LogP contribution in [0.5, 0.6) is 5.75 Å². The lowest BCUT2D eigenvalue weighted by Crippen LogP contribution is -2.74. The number of likely N-dealkylation sites (tertiary alicyclic amines) is 1. The second-order valence-electron chi connectivity index (χ2n) is 12.0. The van der Waals surface area contributed by atoms with Crippen LogP contribution in [0.3, 0.4) is 0 Å². The lowest BCUT2D eigenvalue weighted by molar-refractivity contribution is -0.176. The predicted molar refractivity (Wildman–Crippen MR) is 142 cm³/mol. The summed E-state index contributed by atoms with van der Waals surface area (Å²) in [6.45, 7) is 3.65. The number of nitrogens with zero attached hydrogens (tertiary/aromatic N) is 1. The molecule has 0 radical (unpaired) electrons. The van der Waals surface area contributed by atoms with E-state index in [1.165, 1.54) is 13.8 Å². The summed E-state index contributed by atoms with van der Waals surface area (Å²) in [5.74, 6) is -1.10. The Balaban J connectivity index is 1.21. The number of ether oxygens (including phenoxy) is 3. The average Bonchev–Trinajstić information content (AvgIpc) is 3.59. The molecule has 40 heavy (non-hydrogen) atoms. The minimum Gasteiger partial charge on any atom is -0.480 e. The number of carbonyl (C=O) groups excluding carboxylic acids is 4. The number of benzene rings is 1. The number of rotatable bonds is 7. The van der Waals surface area contributed by atoms with Gasteiger partial charge in [0.15, 0.2) is 18.5 Å². The summed E-state index contributed by atoms with van der Waals surface area (Å²) in [5, 5.41) is 14.9. The molecule has 2 N–H and O–H groups in total. The Morgan fingerprint density at radius 3 is 2.67 bits per heavy atom. The second kappa shape index (κ2) is 9.69. The Hall–Kier alpha value is -3.24. The predicted octanol–water partition coefficient (Wildman–Crippen LogP) is 1.95. The van der Waals surface area contributed by atoms with E-state index in [2.05, 4.69) is 10.2 Å². The molecule has 6 rings (SSSR count). The van der Waals surface area contributed by atoms with E-state index >= 15 is 0 Å². The van der Waals surface area contributed by atoms with Crippen LogP contribution >= 0.6 is 0 Å². The van der Waals surface area contributed by atoms with E-state index in [1.54, 1.807) is 12.1 Å². The quantitative estimate of drug-likeness (QED) is 0.385. The molecule has 2 aliphatic heterocycles. The highest BCUT2D eigenvalue weighted by molar-refractivity contribution is 5.87. The van der Waals surface area contributed by atoms with E-state index in [4.69, 9.17) is 14.2 Å². The third kappa shape index (κ3) is 3.83. The fraction of sp³-hybridized carbons (Fsp3) is 0.600. The Morgan fingerprint density at radius 2 is 1.95 bits per heavy atom. The zero-order chi connectivity index (χ0) is 28.4. The maximum atomic E-state index is 13.1. The van der Waals surface area contributed by atoms with Gasteiger partial charge < -0.3 is 29.5 Å². The van der Waals surface area contributed by atoms with E-state index < -0.39 is 41.2 Å². The van der Waals surface area contributed by atoms with Crippen LogP contribution in [0.25, 0.3) is 0 Å². The van der Waals surface area contributed by atoms with Gasteiger partial charge in [0.05, 0.1) is 16.6 Å². The minimum atomic E-state index is -1.24. The highest BCUT2D eigenvalue weighted by atomic mass is 16.6. The number of esters is 2. The maximum Gasteiger partial charge on any atom is 0.352 e. The number of piperidine rings is 1. The van der Waals surface area contributed by atoms with Gasteiger partial charge in [-0.05, 0) is 70.8 Å². The molecule has 1 saturated carbocycles. The number of likely N-dealkylation sites (N-methyl/N-ethyl adjacent to an activating group) is 1. The van der Waals surface area contributed by atoms with Crippen LogP contribution in [0.15, 0.2) is 24.0 Å². The van der Waals surface area contributed by atoms with Crippen molar-refractivity contribution in [2.75, 3.05) is 13.6 Å². The first-order valence-electron chi connectivity index (χ1n) is 14.2. The van der Waals surface area contributed by atoms with Crippen molar-refractivity contribution in [1.82, 2.24) is 10.2 Å². The van der Waals surface area contributed by atoms with E-state index in [0.717, 1.165) is 43.1 Å². The average molecular weight is 553 g/mol. The van der Waals surface area contributed by atoms with Crippen molar-refractivity contribution >= 4 is 24.1 Å². The summed E-state index contributed by atoms with van der Waals surface area (Å²) in [4.78, 5) is 52.3. The minimum absolute atomic E-state index is 0.0939. The van der Waals surface area contributed by atoms with Crippen molar-refractivity contribution in [3.63, 3.8) is 0 Å². The molecule has 1 saturated heterocycles. The van der Waals surface area contributed by atoms with E-state index in [0.29, 0.717) is 30.7 Å². The van der Waals surface area contributed by atoms with Gasteiger partial charge >= 0.3 is 11.9 Å². The first-order chi connectivity index (χ1) is 19.1. The van der Waals surface area contributed by atoms with Crippen molar-refractivity contribution in [2.24, 2.45) is 5.92 Å². The summed E-state index contributed by atoms with van der Waals surface area (Å²) in [6, 6.07) is 2.60. The number of nitrogens with one attached hydrogen (secondary N) is 1. The van der Waals surface area contributed by atoms with Gasteiger partial charge in [-0.2, -0.15) is 0 Å². The molecule has 1 aromatic rings. The van der Waals surface area contributed by atoms with Crippen LogP contribution in [0.4, 0.5) is 0 Å². The van der Waals surface area contributed by atoms with Crippen LogP contribution < -0.4 is 10.1 Å². The molecule has 1 aromatic carbocycles. The number of amides is 1. The topological polar surface area (TPSA) is 131 Å². The van der Waals surface area contributed by atoms with Crippen LogP contribution in [-0.2, 0) is 35.7 Å². The normalized spacial score (nSPS) is 31.8. The van der Waals surface area contributed by atoms with Crippen LogP contribution in [0.2, 0.25) is 0 Å². The van der Waals surface area contributed by atoms with Crippen LogP contribution in [0, 0.1) is 5.92 Å². The molecular weight excluding hydrogens is 516 g/mol. The third-order valence-corrected chi connectivity index (χ3v) is 9.81. The first kappa shape index (κ1) is 27.0. The van der Waals surface area contributed by atoms with Crippen LogP contribution in [-0.4, -0.2) is 77.6 Å². The van der Waals surface area contributed by atoms with Gasteiger partial charge in [-0.1, -0.05) is 18.9 Å². The molecule has 2 bridgehead atoms. The van der Waals surface area contributed by atoms with Crippen LogP contribution in [0.1, 0.15) is 73.9 Å². The molecule has 0 unspecified atom stereocenters. The highest BCUT2D eigenvalue weighted by Gasteiger charge is 2.72. The molecule has 2 heterocycles. The number of hydrogen-bond donors (Lipinski definition) is 2. The summed E-state index contributed by atoms with van der Waals surface area (Å²) in [5.41, 5.74) is 0.194. The smallest absolute Gasteiger partial charge is 0.352 e. The fourth-order valence-electron chi connectivity index (χ4n) is 7.67. The molecule has 214 valence electrons. The Kier molecular flexibility index (Phi) is 6.53. The zero-order valence-electron chi connectivity index (χ0n) is 23.1. The highest BCUT2D eigenvalue weighted by Crippen LogP contribution is 2.64. The van der Waals surface area contributed by atoms with Gasteiger partial charge in [0, 0.05) is 23.9 Å². The summed E-state index contributed by atoms with van der Waals surface area (Å²) < 4.78 is 17.6. The lowest BCUT2D eigenvalue weighted by Gasteiger charge is -2.61. The molecule has 5 aliphatic rings. The summed E-state index contributed by atoms with van der Waals surface area (Å²) in [7, 11) is 2.00. The number of aliphatic hydroxyl groups is 1. The van der Waals surface area contributed by atoms with Crippen molar-refractivity contribution < 1.29 is 38.5 Å². The largest absolute Gasteiger partial charge is 0.480 e. The molecule has 10 nitrogen and oxygen atoms in total. The molecule has 0 aromatic heterocycles. The molecule has 1 spiro atoms. The summed E-state index contributed by atoms with van der Waals surface area (Å²) in [6.07, 6.45) is 5.42. The molecule has 10 heteroatoms. The van der Waals surface area contributed by atoms with Gasteiger partial charge in [0.2, 0.25) is 5.91 Å². The fourth-order valence-corrected chi connectivity index (χ4v) is 7.67. The van der Waals surface area contributed by atoms with Crippen molar-refractivity contribution in [3.8, 4) is 5.75 Å². The summed E-state index contributed by atoms with van der Waals surface area (Å²) >= 11 is 0. The molecular formula is C30H36N2O8. The standard InChI is InChI=1S/C30H36N2O8/c1-16(31-26(34)18-6-4-5-7-18)27(35)38-17(2)28(36)39-21-10-11-30(37)22-14-19-8-9-20(15-33)24-23(19)29(30,25(21)40-24)12-13-32(22)3/h8-10,15-18,22,25,37H,4-7,11-14H2,1-3H3,(H,31,34)/t16-,17-,22+,25-,29-,30+/m0/s1. The van der Waals surface area contributed by atoms with Gasteiger partial charge in [-0.3, -0.25) is 9.59 Å². The van der Waals surface area contributed by atoms with Gasteiger partial charge in [-0.15, -0.1) is 0 Å². The molecule has 3 aliphatic carbocycles. The monoisotopic (exact) mass is 552 g/mol. The first-order valence-corrected chi connectivity index (χ1v) is 14.2. The zero-order valence-corrected chi connectivity index (χ0v) is 23.1. The van der Waals surface area contributed by atoms with Crippen molar-refractivity contribution in [3.05, 3.63) is 40.7 Å². The van der Waals surface area contributed by atoms with Crippen molar-refractivity contribution in [1.29, 1.82) is 0 Å². The van der Waals surface area contributed by atoms with Gasteiger partial charge in [0.1, 0.15) is 17.6 Å². The molecule has 1 amide bonds. The van der Waals surface area contributed by atoms with Gasteiger partial charge in [0.25, 0.3) is 0 Å². The number of aldehydes is 1. The Morgan fingerprint density at radius 1 is 1.20 bits per heavy atom. The van der Waals surface area contributed by atoms with E-state index in [9.17, 15) is 24.3 Å². The Bertz CT molecular complexity index is 1300. The SMILES string of the molecule is C[C@H](NC(=O)C1CCCC1)C(=O)O[C@@H](C)C(=O)OC1=CC[C@@]2(O)[C@H]3Cc4ccc(C=O)c5c4[C@@]2(CCN3C)[C@H]1O5.